The number of nitrogens with zero attached hydrogens (tertiary/aromatic N) is 1. The van der Waals surface area contributed by atoms with Crippen LogP contribution in [-0.2, 0) is 11.3 Å². The van der Waals surface area contributed by atoms with Crippen molar-refractivity contribution in [1.29, 1.82) is 0 Å². The Morgan fingerprint density at radius 3 is 2.76 bits per heavy atom. The Morgan fingerprint density at radius 1 is 1.43 bits per heavy atom. The molecule has 21 heavy (non-hydrogen) atoms. The summed E-state index contributed by atoms with van der Waals surface area (Å²) in [5, 5.41) is 8.68. The zero-order valence-corrected chi connectivity index (χ0v) is 13.7. The predicted molar refractivity (Wildman–Crippen MR) is 88.5 cm³/mol. The zero-order valence-electron chi connectivity index (χ0n) is 12.9. The van der Waals surface area contributed by atoms with E-state index in [1.807, 2.05) is 6.07 Å². The summed E-state index contributed by atoms with van der Waals surface area (Å²) >= 11 is 1.70. The molecule has 1 aliphatic carbocycles. The standard InChI is InChI=1S/C17H25NO2S/c1-13(2)11-18(14-5-3-4-6-14)12-16-8-7-15(21-16)9-10-17(19)20/h7-10,13-14H,3-6,11-12H2,1-2H3,(H,19,20)/b10-9+. The van der Waals surface area contributed by atoms with Crippen LogP contribution in [0.15, 0.2) is 18.2 Å². The lowest BCUT2D eigenvalue weighted by Gasteiger charge is -2.30. The highest BCUT2D eigenvalue weighted by Crippen LogP contribution is 2.27. The molecule has 3 nitrogen and oxygen atoms in total. The Bertz CT molecular complexity index is 487. The summed E-state index contributed by atoms with van der Waals surface area (Å²) < 4.78 is 0. The zero-order chi connectivity index (χ0) is 15.2. The second-order valence-electron chi connectivity index (χ2n) is 6.24. The van der Waals surface area contributed by atoms with Gasteiger partial charge in [-0.3, -0.25) is 4.90 Å². The van der Waals surface area contributed by atoms with E-state index in [2.05, 4.69) is 24.8 Å². The quantitative estimate of drug-likeness (QED) is 0.766. The van der Waals surface area contributed by atoms with Crippen molar-refractivity contribution in [3.63, 3.8) is 0 Å². The van der Waals surface area contributed by atoms with E-state index in [4.69, 9.17) is 5.11 Å². The number of hydrogen-bond acceptors (Lipinski definition) is 3. The maximum Gasteiger partial charge on any atom is 0.328 e. The maximum absolute atomic E-state index is 10.6. The molecule has 0 bridgehead atoms. The summed E-state index contributed by atoms with van der Waals surface area (Å²) in [5.41, 5.74) is 0. The van der Waals surface area contributed by atoms with Crippen LogP contribution < -0.4 is 0 Å². The predicted octanol–water partition coefficient (Wildman–Crippen LogP) is 4.25. The molecule has 1 N–H and O–H groups in total. The van der Waals surface area contributed by atoms with Crippen LogP contribution in [0.1, 0.15) is 49.3 Å². The van der Waals surface area contributed by atoms with E-state index in [1.54, 1.807) is 17.4 Å². The Kier molecular flexibility index (Phi) is 6.00. The van der Waals surface area contributed by atoms with Gasteiger partial charge in [0, 0.05) is 35.0 Å². The minimum atomic E-state index is -0.891. The van der Waals surface area contributed by atoms with Gasteiger partial charge in [-0.25, -0.2) is 4.79 Å². The minimum Gasteiger partial charge on any atom is -0.478 e. The van der Waals surface area contributed by atoms with Gasteiger partial charge in [0.25, 0.3) is 0 Å². The molecule has 0 spiro atoms. The molecule has 1 heterocycles. The van der Waals surface area contributed by atoms with E-state index in [0.29, 0.717) is 5.92 Å². The molecule has 1 fully saturated rings. The van der Waals surface area contributed by atoms with Gasteiger partial charge in [-0.15, -0.1) is 11.3 Å². The molecule has 0 saturated heterocycles. The van der Waals surface area contributed by atoms with Crippen molar-refractivity contribution >= 4 is 23.4 Å². The first-order valence-corrected chi connectivity index (χ1v) is 8.60. The van der Waals surface area contributed by atoms with Crippen molar-refractivity contribution in [2.24, 2.45) is 5.92 Å². The first-order chi connectivity index (χ1) is 10.0. The van der Waals surface area contributed by atoms with E-state index in [-0.39, 0.29) is 0 Å². The molecule has 1 aromatic rings. The second kappa shape index (κ2) is 7.76. The van der Waals surface area contributed by atoms with Crippen LogP contribution in [0.4, 0.5) is 0 Å². The third-order valence-corrected chi connectivity index (χ3v) is 4.91. The fraction of sp³-hybridized carbons (Fsp3) is 0.588. The van der Waals surface area contributed by atoms with Crippen LogP contribution in [0, 0.1) is 5.92 Å². The fourth-order valence-electron chi connectivity index (χ4n) is 3.00. The number of hydrogen-bond donors (Lipinski definition) is 1. The monoisotopic (exact) mass is 307 g/mol. The van der Waals surface area contributed by atoms with Crippen molar-refractivity contribution < 1.29 is 9.90 Å². The average molecular weight is 307 g/mol. The summed E-state index contributed by atoms with van der Waals surface area (Å²) in [5.74, 6) is -0.214. The van der Waals surface area contributed by atoms with Crippen LogP contribution in [0.3, 0.4) is 0 Å². The van der Waals surface area contributed by atoms with E-state index in [0.717, 1.165) is 24.0 Å². The number of carboxylic acid groups (broad SMARTS) is 1. The van der Waals surface area contributed by atoms with Crippen molar-refractivity contribution in [3.05, 3.63) is 28.0 Å². The molecule has 1 aliphatic rings. The largest absolute Gasteiger partial charge is 0.478 e. The van der Waals surface area contributed by atoms with Crippen molar-refractivity contribution in [1.82, 2.24) is 4.90 Å². The molecule has 0 radical (unpaired) electrons. The number of aliphatic carboxylic acids is 1. The molecule has 1 saturated carbocycles. The molecular weight excluding hydrogens is 282 g/mol. The van der Waals surface area contributed by atoms with Gasteiger partial charge in [0.15, 0.2) is 0 Å². The summed E-state index contributed by atoms with van der Waals surface area (Å²) in [6.45, 7) is 6.69. The third-order valence-electron chi connectivity index (χ3n) is 3.87. The van der Waals surface area contributed by atoms with Gasteiger partial charge in [0.2, 0.25) is 0 Å². The topological polar surface area (TPSA) is 40.5 Å². The van der Waals surface area contributed by atoms with Gasteiger partial charge < -0.3 is 5.11 Å². The Balaban J connectivity index is 2.00. The SMILES string of the molecule is CC(C)CN(Cc1ccc(/C=C/C(=O)O)s1)C1CCCC1. The Hall–Kier alpha value is -1.13. The maximum atomic E-state index is 10.6. The van der Waals surface area contributed by atoms with Gasteiger partial charge >= 0.3 is 5.97 Å². The molecule has 0 atom stereocenters. The highest BCUT2D eigenvalue weighted by Gasteiger charge is 2.23. The van der Waals surface area contributed by atoms with E-state index in [1.165, 1.54) is 36.6 Å². The second-order valence-corrected chi connectivity index (χ2v) is 7.44. The summed E-state index contributed by atoms with van der Waals surface area (Å²) in [6, 6.07) is 4.88. The molecule has 0 aromatic carbocycles. The van der Waals surface area contributed by atoms with Crippen LogP contribution in [0.25, 0.3) is 6.08 Å². The molecule has 0 unspecified atom stereocenters. The Morgan fingerprint density at radius 2 is 2.14 bits per heavy atom. The third kappa shape index (κ3) is 5.29. The van der Waals surface area contributed by atoms with Crippen molar-refractivity contribution in [3.8, 4) is 0 Å². The van der Waals surface area contributed by atoms with Gasteiger partial charge in [0.1, 0.15) is 0 Å². The minimum absolute atomic E-state index is 0.678. The average Bonchev–Trinajstić information content (AvgIpc) is 3.06. The molecule has 2 rings (SSSR count). The van der Waals surface area contributed by atoms with Crippen LogP contribution >= 0.6 is 11.3 Å². The molecule has 0 amide bonds. The van der Waals surface area contributed by atoms with E-state index >= 15 is 0 Å². The first kappa shape index (κ1) is 16.2. The molecule has 0 aliphatic heterocycles. The van der Waals surface area contributed by atoms with Crippen molar-refractivity contribution in [2.45, 2.75) is 52.1 Å². The van der Waals surface area contributed by atoms with Gasteiger partial charge in [-0.1, -0.05) is 26.7 Å². The van der Waals surface area contributed by atoms with Gasteiger partial charge in [0.05, 0.1) is 0 Å². The summed E-state index contributed by atoms with van der Waals surface area (Å²) in [4.78, 5) is 15.5. The molecule has 1 aromatic heterocycles. The highest BCUT2D eigenvalue weighted by molar-refractivity contribution is 7.12. The summed E-state index contributed by atoms with van der Waals surface area (Å²) in [7, 11) is 0. The number of thiophene rings is 1. The fourth-order valence-corrected chi connectivity index (χ4v) is 3.95. The molecular formula is C17H25NO2S. The van der Waals surface area contributed by atoms with Gasteiger partial charge in [-0.05, 0) is 37.0 Å². The first-order valence-electron chi connectivity index (χ1n) is 7.78. The van der Waals surface area contributed by atoms with E-state index in [9.17, 15) is 4.79 Å². The Labute approximate surface area is 131 Å². The number of carboxylic acids is 1. The van der Waals surface area contributed by atoms with Gasteiger partial charge in [-0.2, -0.15) is 0 Å². The summed E-state index contributed by atoms with van der Waals surface area (Å²) in [6.07, 6.45) is 8.25. The smallest absolute Gasteiger partial charge is 0.328 e. The lowest BCUT2D eigenvalue weighted by molar-refractivity contribution is -0.131. The van der Waals surface area contributed by atoms with Crippen molar-refractivity contribution in [2.75, 3.05) is 6.54 Å². The highest BCUT2D eigenvalue weighted by atomic mass is 32.1. The van der Waals surface area contributed by atoms with E-state index < -0.39 is 5.97 Å². The molecule has 4 heteroatoms. The van der Waals surface area contributed by atoms with Crippen LogP contribution in [0.2, 0.25) is 0 Å². The lowest BCUT2D eigenvalue weighted by atomic mass is 10.1. The number of rotatable bonds is 7. The van der Waals surface area contributed by atoms with Crippen LogP contribution in [0.5, 0.6) is 0 Å². The normalized spacial score (nSPS) is 16.6. The molecule has 116 valence electrons. The number of carbonyl (C=O) groups is 1. The van der Waals surface area contributed by atoms with Crippen LogP contribution in [-0.4, -0.2) is 28.6 Å². The lowest BCUT2D eigenvalue weighted by Crippen LogP contribution is -2.35.